The maximum atomic E-state index is 9.40. The van der Waals surface area contributed by atoms with Crippen molar-refractivity contribution >= 4 is 11.6 Å². The molecule has 1 atom stereocenters. The average molecular weight is 203 g/mol. The fraction of sp³-hybridized carbons (Fsp3) is 0.333. The number of aromatic hydroxyl groups is 1. The van der Waals surface area contributed by atoms with E-state index in [0.717, 1.165) is 0 Å². The van der Waals surface area contributed by atoms with Crippen molar-refractivity contribution in [3.05, 3.63) is 28.8 Å². The van der Waals surface area contributed by atoms with Gasteiger partial charge in [-0.3, -0.25) is 0 Å². The number of benzene rings is 1. The van der Waals surface area contributed by atoms with Crippen LogP contribution in [0.15, 0.2) is 18.2 Å². The Kier molecular flexibility index (Phi) is 3.54. The van der Waals surface area contributed by atoms with E-state index in [9.17, 15) is 5.11 Å². The first-order valence-electron chi connectivity index (χ1n) is 3.93. The molecule has 2 N–H and O–H groups in total. The van der Waals surface area contributed by atoms with Gasteiger partial charge in [0.15, 0.2) is 6.29 Å². The average Bonchev–Trinajstić information content (AvgIpc) is 2.04. The topological polar surface area (TPSA) is 49.7 Å². The summed E-state index contributed by atoms with van der Waals surface area (Å²) in [4.78, 5) is 0. The molecule has 0 saturated carbocycles. The van der Waals surface area contributed by atoms with Gasteiger partial charge in [0, 0.05) is 12.2 Å². The van der Waals surface area contributed by atoms with Crippen LogP contribution in [-0.2, 0) is 4.74 Å². The van der Waals surface area contributed by atoms with E-state index in [2.05, 4.69) is 0 Å². The van der Waals surface area contributed by atoms with Crippen LogP contribution < -0.4 is 0 Å². The number of aliphatic hydroxyl groups excluding tert-OH is 1. The molecular formula is C9H11ClO3. The Balaban J connectivity index is 2.88. The van der Waals surface area contributed by atoms with E-state index >= 15 is 0 Å². The van der Waals surface area contributed by atoms with E-state index in [1.807, 2.05) is 0 Å². The number of phenols is 1. The van der Waals surface area contributed by atoms with Crippen molar-refractivity contribution in [3.63, 3.8) is 0 Å². The van der Waals surface area contributed by atoms with E-state index in [4.69, 9.17) is 21.4 Å². The zero-order chi connectivity index (χ0) is 9.84. The number of aliphatic hydroxyl groups is 1. The van der Waals surface area contributed by atoms with Crippen LogP contribution in [0.3, 0.4) is 0 Å². The van der Waals surface area contributed by atoms with Gasteiger partial charge in [-0.05, 0) is 25.1 Å². The van der Waals surface area contributed by atoms with Crippen LogP contribution in [0.1, 0.15) is 18.8 Å². The predicted molar refractivity (Wildman–Crippen MR) is 49.7 cm³/mol. The standard InChI is InChI=1S/C9H11ClO3/c1-2-13-9(12)7-4-3-6(11)5-8(7)10/h3-5,9,11-12H,2H2,1H3. The number of ether oxygens (including phenoxy) is 1. The van der Waals surface area contributed by atoms with Crippen molar-refractivity contribution in [2.45, 2.75) is 13.2 Å². The molecule has 0 radical (unpaired) electrons. The third-order valence-electron chi connectivity index (χ3n) is 1.57. The Morgan fingerprint density at radius 3 is 2.77 bits per heavy atom. The molecular weight excluding hydrogens is 192 g/mol. The van der Waals surface area contributed by atoms with Gasteiger partial charge >= 0.3 is 0 Å². The van der Waals surface area contributed by atoms with Crippen molar-refractivity contribution in [1.82, 2.24) is 0 Å². The van der Waals surface area contributed by atoms with Crippen molar-refractivity contribution in [3.8, 4) is 5.75 Å². The van der Waals surface area contributed by atoms with Gasteiger partial charge < -0.3 is 14.9 Å². The van der Waals surface area contributed by atoms with E-state index in [1.54, 1.807) is 6.92 Å². The quantitative estimate of drug-likeness (QED) is 0.738. The second-order valence-corrected chi connectivity index (χ2v) is 2.92. The molecule has 0 aromatic heterocycles. The molecule has 1 unspecified atom stereocenters. The maximum absolute atomic E-state index is 9.40. The van der Waals surface area contributed by atoms with Crippen LogP contribution in [0, 0.1) is 0 Å². The Morgan fingerprint density at radius 2 is 2.23 bits per heavy atom. The Labute approximate surface area is 81.5 Å². The summed E-state index contributed by atoms with van der Waals surface area (Å²) in [6, 6.07) is 4.33. The van der Waals surface area contributed by atoms with Gasteiger partial charge in [-0.25, -0.2) is 0 Å². The largest absolute Gasteiger partial charge is 0.508 e. The van der Waals surface area contributed by atoms with Crippen molar-refractivity contribution < 1.29 is 14.9 Å². The highest BCUT2D eigenvalue weighted by molar-refractivity contribution is 6.31. The van der Waals surface area contributed by atoms with Gasteiger partial charge in [-0.2, -0.15) is 0 Å². The first kappa shape index (κ1) is 10.3. The third-order valence-corrected chi connectivity index (χ3v) is 1.90. The van der Waals surface area contributed by atoms with Gasteiger partial charge in [0.1, 0.15) is 5.75 Å². The van der Waals surface area contributed by atoms with Crippen molar-refractivity contribution in [2.75, 3.05) is 6.61 Å². The Hall–Kier alpha value is -0.770. The molecule has 0 spiro atoms. The number of halogens is 1. The lowest BCUT2D eigenvalue weighted by Gasteiger charge is -2.12. The summed E-state index contributed by atoms with van der Waals surface area (Å²) in [7, 11) is 0. The molecule has 0 aliphatic carbocycles. The molecule has 1 aromatic carbocycles. The van der Waals surface area contributed by atoms with Crippen LogP contribution in [0.25, 0.3) is 0 Å². The minimum atomic E-state index is -1.03. The molecule has 13 heavy (non-hydrogen) atoms. The number of phenolic OH excluding ortho intramolecular Hbond substituents is 1. The summed E-state index contributed by atoms with van der Waals surface area (Å²) in [5, 5.41) is 18.7. The van der Waals surface area contributed by atoms with E-state index in [-0.39, 0.29) is 5.75 Å². The molecule has 1 aromatic rings. The van der Waals surface area contributed by atoms with Crippen LogP contribution in [0.4, 0.5) is 0 Å². The first-order valence-corrected chi connectivity index (χ1v) is 4.31. The summed E-state index contributed by atoms with van der Waals surface area (Å²) in [6.07, 6.45) is -1.03. The lowest BCUT2D eigenvalue weighted by atomic mass is 10.2. The fourth-order valence-corrected chi connectivity index (χ4v) is 1.23. The molecule has 0 fully saturated rings. The lowest BCUT2D eigenvalue weighted by molar-refractivity contribution is -0.0979. The zero-order valence-corrected chi connectivity index (χ0v) is 7.95. The molecule has 4 heteroatoms. The molecule has 0 bridgehead atoms. The zero-order valence-electron chi connectivity index (χ0n) is 7.20. The third kappa shape index (κ3) is 2.59. The van der Waals surface area contributed by atoms with E-state index < -0.39 is 6.29 Å². The van der Waals surface area contributed by atoms with Crippen molar-refractivity contribution in [1.29, 1.82) is 0 Å². The van der Waals surface area contributed by atoms with Gasteiger partial charge in [-0.1, -0.05) is 11.6 Å². The van der Waals surface area contributed by atoms with Crippen molar-refractivity contribution in [2.24, 2.45) is 0 Å². The summed E-state index contributed by atoms with van der Waals surface area (Å²) < 4.78 is 4.94. The SMILES string of the molecule is CCOC(O)c1ccc(O)cc1Cl. The first-order chi connectivity index (χ1) is 6.15. The molecule has 0 saturated heterocycles. The second-order valence-electron chi connectivity index (χ2n) is 2.51. The van der Waals surface area contributed by atoms with Gasteiger partial charge in [0.05, 0.1) is 5.02 Å². The summed E-state index contributed by atoms with van der Waals surface area (Å²) >= 11 is 5.76. The molecule has 0 aliphatic rings. The van der Waals surface area contributed by atoms with Crippen LogP contribution >= 0.6 is 11.6 Å². The highest BCUT2D eigenvalue weighted by Crippen LogP contribution is 2.27. The number of hydrogen-bond acceptors (Lipinski definition) is 3. The Morgan fingerprint density at radius 1 is 1.54 bits per heavy atom. The molecule has 0 aliphatic heterocycles. The predicted octanol–water partition coefficient (Wildman–Crippen LogP) is 2.07. The van der Waals surface area contributed by atoms with E-state index in [1.165, 1.54) is 18.2 Å². The summed E-state index contributed by atoms with van der Waals surface area (Å²) in [5.41, 5.74) is 0.460. The van der Waals surface area contributed by atoms with Crippen LogP contribution in [-0.4, -0.2) is 16.8 Å². The van der Waals surface area contributed by atoms with Gasteiger partial charge in [0.25, 0.3) is 0 Å². The minimum absolute atomic E-state index is 0.0671. The highest BCUT2D eigenvalue weighted by atomic mass is 35.5. The van der Waals surface area contributed by atoms with Crippen LogP contribution in [0.2, 0.25) is 5.02 Å². The molecule has 72 valence electrons. The monoisotopic (exact) mass is 202 g/mol. The molecule has 0 heterocycles. The van der Waals surface area contributed by atoms with Gasteiger partial charge in [0.2, 0.25) is 0 Å². The molecule has 1 rings (SSSR count). The molecule has 3 nitrogen and oxygen atoms in total. The second kappa shape index (κ2) is 4.46. The normalized spacial score (nSPS) is 12.8. The van der Waals surface area contributed by atoms with Crippen LogP contribution in [0.5, 0.6) is 5.75 Å². The van der Waals surface area contributed by atoms with E-state index in [0.29, 0.717) is 17.2 Å². The maximum Gasteiger partial charge on any atom is 0.182 e. The lowest BCUT2D eigenvalue weighted by Crippen LogP contribution is -2.03. The highest BCUT2D eigenvalue weighted by Gasteiger charge is 2.11. The number of hydrogen-bond donors (Lipinski definition) is 2. The number of rotatable bonds is 3. The van der Waals surface area contributed by atoms with Gasteiger partial charge in [-0.15, -0.1) is 0 Å². The Bertz CT molecular complexity index is 288. The summed E-state index contributed by atoms with van der Waals surface area (Å²) in [5.74, 6) is 0.0671. The smallest absolute Gasteiger partial charge is 0.182 e. The molecule has 0 amide bonds. The fourth-order valence-electron chi connectivity index (χ4n) is 0.964. The minimum Gasteiger partial charge on any atom is -0.508 e. The summed E-state index contributed by atoms with van der Waals surface area (Å²) in [6.45, 7) is 2.18.